The van der Waals surface area contributed by atoms with E-state index < -0.39 is 0 Å². The first-order chi connectivity index (χ1) is 10.8. The van der Waals surface area contributed by atoms with Crippen molar-refractivity contribution in [3.8, 4) is 0 Å². The standard InChI is InChI=1S/C16H22N4O2/c1-22-10-8-17-12-16(21)18-11-14-3-5-15(6-4-14)13-20-9-2-7-19-20/h2-7,9,17H,8,10-13H2,1H3,(H,18,21). The van der Waals surface area contributed by atoms with Crippen molar-refractivity contribution in [3.05, 3.63) is 53.9 Å². The van der Waals surface area contributed by atoms with E-state index in [0.29, 0.717) is 26.2 Å². The van der Waals surface area contributed by atoms with Gasteiger partial charge in [0.05, 0.1) is 19.7 Å². The molecule has 2 aromatic rings. The van der Waals surface area contributed by atoms with Gasteiger partial charge < -0.3 is 15.4 Å². The molecular weight excluding hydrogens is 280 g/mol. The van der Waals surface area contributed by atoms with Crippen molar-refractivity contribution in [3.63, 3.8) is 0 Å². The van der Waals surface area contributed by atoms with Crippen molar-refractivity contribution in [2.75, 3.05) is 26.8 Å². The molecule has 0 aliphatic carbocycles. The van der Waals surface area contributed by atoms with E-state index in [-0.39, 0.29) is 5.91 Å². The Balaban J connectivity index is 1.71. The van der Waals surface area contributed by atoms with E-state index in [4.69, 9.17) is 4.74 Å². The number of rotatable bonds is 9. The highest BCUT2D eigenvalue weighted by Gasteiger charge is 2.01. The third-order valence-electron chi connectivity index (χ3n) is 3.18. The van der Waals surface area contributed by atoms with Crippen LogP contribution in [0.2, 0.25) is 0 Å². The van der Waals surface area contributed by atoms with Crippen LogP contribution >= 0.6 is 0 Å². The molecule has 1 amide bonds. The van der Waals surface area contributed by atoms with E-state index in [1.165, 1.54) is 5.56 Å². The van der Waals surface area contributed by atoms with Crippen LogP contribution in [0.5, 0.6) is 0 Å². The summed E-state index contributed by atoms with van der Waals surface area (Å²) in [4.78, 5) is 11.6. The smallest absolute Gasteiger partial charge is 0.234 e. The molecule has 0 saturated heterocycles. The van der Waals surface area contributed by atoms with Gasteiger partial charge in [-0.25, -0.2) is 0 Å². The number of nitrogens with zero attached hydrogens (tertiary/aromatic N) is 2. The highest BCUT2D eigenvalue weighted by Crippen LogP contribution is 2.06. The molecule has 2 N–H and O–H groups in total. The van der Waals surface area contributed by atoms with Crippen LogP contribution in [0.1, 0.15) is 11.1 Å². The van der Waals surface area contributed by atoms with E-state index in [9.17, 15) is 4.79 Å². The number of hydrogen-bond donors (Lipinski definition) is 2. The molecule has 0 spiro atoms. The lowest BCUT2D eigenvalue weighted by atomic mass is 10.1. The summed E-state index contributed by atoms with van der Waals surface area (Å²) < 4.78 is 6.78. The molecule has 6 heteroatoms. The zero-order valence-electron chi connectivity index (χ0n) is 12.8. The van der Waals surface area contributed by atoms with Crippen LogP contribution in [0.15, 0.2) is 42.7 Å². The van der Waals surface area contributed by atoms with Crippen LogP contribution in [0.25, 0.3) is 0 Å². The molecule has 0 atom stereocenters. The molecule has 0 bridgehead atoms. The molecule has 22 heavy (non-hydrogen) atoms. The van der Waals surface area contributed by atoms with Crippen molar-refractivity contribution in [1.29, 1.82) is 0 Å². The summed E-state index contributed by atoms with van der Waals surface area (Å²) >= 11 is 0. The van der Waals surface area contributed by atoms with Crippen LogP contribution in [-0.4, -0.2) is 42.5 Å². The number of carbonyl (C=O) groups is 1. The van der Waals surface area contributed by atoms with Gasteiger partial charge >= 0.3 is 0 Å². The first-order valence-electron chi connectivity index (χ1n) is 7.29. The first-order valence-corrected chi connectivity index (χ1v) is 7.29. The second-order valence-corrected chi connectivity index (χ2v) is 4.97. The monoisotopic (exact) mass is 302 g/mol. The van der Waals surface area contributed by atoms with Crippen LogP contribution in [0.4, 0.5) is 0 Å². The van der Waals surface area contributed by atoms with Crippen molar-refractivity contribution in [2.24, 2.45) is 0 Å². The predicted octanol–water partition coefficient (Wildman–Crippen LogP) is 0.784. The number of amides is 1. The average Bonchev–Trinajstić information content (AvgIpc) is 3.04. The molecule has 0 aliphatic heterocycles. The topological polar surface area (TPSA) is 68.2 Å². The van der Waals surface area contributed by atoms with Gasteiger partial charge in [0, 0.05) is 32.6 Å². The van der Waals surface area contributed by atoms with Gasteiger partial charge in [0.25, 0.3) is 0 Å². The lowest BCUT2D eigenvalue weighted by Gasteiger charge is -2.08. The highest BCUT2D eigenvalue weighted by atomic mass is 16.5. The second-order valence-electron chi connectivity index (χ2n) is 4.97. The highest BCUT2D eigenvalue weighted by molar-refractivity contribution is 5.77. The maximum atomic E-state index is 11.6. The molecule has 0 radical (unpaired) electrons. The maximum Gasteiger partial charge on any atom is 0.234 e. The Kier molecular flexibility index (Phi) is 6.60. The number of aromatic nitrogens is 2. The van der Waals surface area contributed by atoms with Gasteiger partial charge in [0.1, 0.15) is 0 Å². The van der Waals surface area contributed by atoms with E-state index in [0.717, 1.165) is 12.1 Å². The molecule has 0 unspecified atom stereocenters. The number of nitrogens with one attached hydrogen (secondary N) is 2. The van der Waals surface area contributed by atoms with Gasteiger partial charge in [-0.2, -0.15) is 5.10 Å². The Labute approximate surface area is 130 Å². The van der Waals surface area contributed by atoms with Gasteiger partial charge in [-0.3, -0.25) is 9.48 Å². The van der Waals surface area contributed by atoms with Crippen molar-refractivity contribution < 1.29 is 9.53 Å². The molecule has 1 aromatic heterocycles. The summed E-state index contributed by atoms with van der Waals surface area (Å²) in [5.41, 5.74) is 2.26. The third-order valence-corrected chi connectivity index (χ3v) is 3.18. The number of hydrogen-bond acceptors (Lipinski definition) is 4. The Hall–Kier alpha value is -2.18. The van der Waals surface area contributed by atoms with Crippen LogP contribution in [0.3, 0.4) is 0 Å². The zero-order valence-corrected chi connectivity index (χ0v) is 12.8. The fourth-order valence-electron chi connectivity index (χ4n) is 1.98. The molecule has 1 aromatic carbocycles. The average molecular weight is 302 g/mol. The van der Waals surface area contributed by atoms with Crippen LogP contribution in [-0.2, 0) is 22.6 Å². The number of ether oxygens (including phenoxy) is 1. The fourth-order valence-corrected chi connectivity index (χ4v) is 1.98. The van der Waals surface area contributed by atoms with E-state index in [1.54, 1.807) is 13.3 Å². The van der Waals surface area contributed by atoms with Gasteiger partial charge in [-0.1, -0.05) is 24.3 Å². The minimum absolute atomic E-state index is 0.0169. The molecule has 2 rings (SSSR count). The molecule has 0 fully saturated rings. The van der Waals surface area contributed by atoms with Crippen molar-refractivity contribution in [1.82, 2.24) is 20.4 Å². The number of methoxy groups -OCH3 is 1. The van der Waals surface area contributed by atoms with E-state index >= 15 is 0 Å². The van der Waals surface area contributed by atoms with Gasteiger partial charge in [-0.15, -0.1) is 0 Å². The van der Waals surface area contributed by atoms with E-state index in [1.807, 2.05) is 29.1 Å². The molecule has 0 aliphatic rings. The number of carbonyl (C=O) groups excluding carboxylic acids is 1. The SMILES string of the molecule is COCCNCC(=O)NCc1ccc(Cn2cccn2)cc1. The largest absolute Gasteiger partial charge is 0.383 e. The quantitative estimate of drug-likeness (QED) is 0.672. The maximum absolute atomic E-state index is 11.6. The first kappa shape index (κ1) is 16.2. The lowest BCUT2D eigenvalue weighted by molar-refractivity contribution is -0.120. The van der Waals surface area contributed by atoms with Gasteiger partial charge in [0.15, 0.2) is 0 Å². The summed E-state index contributed by atoms with van der Waals surface area (Å²) in [5.74, 6) is -0.0169. The second kappa shape index (κ2) is 8.96. The number of benzene rings is 1. The Bertz CT molecular complexity index is 552. The Morgan fingerprint density at radius 1 is 1.27 bits per heavy atom. The fraction of sp³-hybridized carbons (Fsp3) is 0.375. The minimum atomic E-state index is -0.0169. The summed E-state index contributed by atoms with van der Waals surface area (Å²) in [6, 6.07) is 10.1. The molecule has 0 saturated carbocycles. The molecular formula is C16H22N4O2. The van der Waals surface area contributed by atoms with Crippen molar-refractivity contribution >= 4 is 5.91 Å². The molecule has 1 heterocycles. The summed E-state index contributed by atoms with van der Waals surface area (Å²) in [7, 11) is 1.64. The van der Waals surface area contributed by atoms with Crippen LogP contribution in [0, 0.1) is 0 Å². The third kappa shape index (κ3) is 5.67. The van der Waals surface area contributed by atoms with Crippen molar-refractivity contribution in [2.45, 2.75) is 13.1 Å². The van der Waals surface area contributed by atoms with Gasteiger partial charge in [0.2, 0.25) is 5.91 Å². The Morgan fingerprint density at radius 2 is 2.05 bits per heavy atom. The van der Waals surface area contributed by atoms with Crippen LogP contribution < -0.4 is 10.6 Å². The minimum Gasteiger partial charge on any atom is -0.383 e. The van der Waals surface area contributed by atoms with E-state index in [2.05, 4.69) is 27.9 Å². The lowest BCUT2D eigenvalue weighted by Crippen LogP contribution is -2.34. The summed E-state index contributed by atoms with van der Waals surface area (Å²) in [5, 5.41) is 10.1. The Morgan fingerprint density at radius 3 is 2.73 bits per heavy atom. The predicted molar refractivity (Wildman–Crippen MR) is 84.4 cm³/mol. The summed E-state index contributed by atoms with van der Waals surface area (Å²) in [6.07, 6.45) is 3.70. The van der Waals surface area contributed by atoms with Gasteiger partial charge in [-0.05, 0) is 17.2 Å². The summed E-state index contributed by atoms with van der Waals surface area (Å²) in [6.45, 7) is 2.87. The normalized spacial score (nSPS) is 10.6. The molecule has 6 nitrogen and oxygen atoms in total. The molecule has 118 valence electrons. The zero-order chi connectivity index (χ0) is 15.6.